The molecule has 12 nitrogen and oxygen atoms in total. The molecule has 0 radical (unpaired) electrons. The summed E-state index contributed by atoms with van der Waals surface area (Å²) >= 11 is 0. The summed E-state index contributed by atoms with van der Waals surface area (Å²) in [6.07, 6.45) is 0. The third-order valence-corrected chi connectivity index (χ3v) is 17.6. The summed E-state index contributed by atoms with van der Waals surface area (Å²) in [5.41, 5.74) is 19.6. The first-order valence-corrected chi connectivity index (χ1v) is 31.3. The van der Waals surface area contributed by atoms with Crippen molar-refractivity contribution >= 4 is 74.3 Å². The van der Waals surface area contributed by atoms with Gasteiger partial charge in [-0.25, -0.2) is 44.9 Å². The molecule has 438 valence electrons. The molecule has 0 bridgehead atoms. The van der Waals surface area contributed by atoms with Crippen molar-refractivity contribution in [1.82, 2.24) is 44.9 Å². The highest BCUT2D eigenvalue weighted by atomic mass is 15.2. The SMILES string of the molecule is c1ccc(-c2nc(-c3ccccc3)nc(-c3cc4c5c(c3)N(c3ccccc3)c3cc(-c6nc(-c7ccccc7)nc(-c7ccccc7)n6)cc6c3B5c3c(cc(-c5nc(-c7ccccc7)nc(-c7ccccc7)n5)cc3N6c3ccccc3)N4c3ccccc3)n2)cc1. The number of hydrogen-bond donors (Lipinski definition) is 0. The van der Waals surface area contributed by atoms with Crippen LogP contribution in [0.15, 0.2) is 309 Å². The molecule has 0 N–H and O–H groups in total. The summed E-state index contributed by atoms with van der Waals surface area (Å²) in [4.78, 5) is 55.5. The first kappa shape index (κ1) is 54.1. The van der Waals surface area contributed by atoms with Crippen molar-refractivity contribution in [3.8, 4) is 102 Å². The largest absolute Gasteiger partial charge is 0.311 e. The van der Waals surface area contributed by atoms with E-state index in [0.717, 1.165) is 118 Å². The van der Waals surface area contributed by atoms with Gasteiger partial charge >= 0.3 is 0 Å². The van der Waals surface area contributed by atoms with Crippen LogP contribution in [0.3, 0.4) is 0 Å². The van der Waals surface area contributed by atoms with Crippen LogP contribution in [0, 0.1) is 0 Å². The molecule has 3 aromatic heterocycles. The monoisotopic (exact) mass is 1200 g/mol. The molecule has 0 spiro atoms. The average Bonchev–Trinajstić information content (AvgIpc) is 0.674. The third-order valence-electron chi connectivity index (χ3n) is 17.6. The van der Waals surface area contributed by atoms with Gasteiger partial charge < -0.3 is 14.7 Å². The fourth-order valence-corrected chi connectivity index (χ4v) is 13.5. The van der Waals surface area contributed by atoms with Crippen molar-refractivity contribution in [3.05, 3.63) is 309 Å². The maximum atomic E-state index is 5.44. The Kier molecular flexibility index (Phi) is 13.0. The van der Waals surface area contributed by atoms with E-state index in [1.807, 2.05) is 109 Å². The molecule has 18 rings (SSSR count). The fraction of sp³-hybridized carbons (Fsp3) is 0. The summed E-state index contributed by atoms with van der Waals surface area (Å²) in [5, 5.41) is 0. The van der Waals surface area contributed by atoms with Crippen LogP contribution in [-0.2, 0) is 0 Å². The second kappa shape index (κ2) is 22.6. The maximum absolute atomic E-state index is 5.44. The lowest BCUT2D eigenvalue weighted by atomic mass is 9.31. The van der Waals surface area contributed by atoms with Crippen LogP contribution in [-0.4, -0.2) is 51.6 Å². The van der Waals surface area contributed by atoms with E-state index >= 15 is 0 Å². The van der Waals surface area contributed by atoms with Crippen molar-refractivity contribution in [2.45, 2.75) is 0 Å². The lowest BCUT2D eigenvalue weighted by molar-refractivity contribution is 1.07. The third kappa shape index (κ3) is 9.36. The highest BCUT2D eigenvalue weighted by Gasteiger charge is 2.50. The average molecular weight is 1200 g/mol. The van der Waals surface area contributed by atoms with Gasteiger partial charge in [0.2, 0.25) is 0 Å². The number of para-hydroxylation sites is 3. The summed E-state index contributed by atoms with van der Waals surface area (Å²) in [7, 11) is 0. The molecular weight excluding hydrogens is 1150 g/mol. The van der Waals surface area contributed by atoms with E-state index < -0.39 is 0 Å². The van der Waals surface area contributed by atoms with E-state index in [1.54, 1.807) is 0 Å². The Balaban J connectivity index is 0.984. The standard InChI is InChI=1S/C81H51BN12/c1-10-28-52(29-11-1)73-83-74(53-30-12-2-13-31-53)87-79(86-73)58-46-64-70-65(47-58)93(62-42-24-8-25-43-62)67-49-60(81-90-77(56-36-18-5-19-37-56)85-78(91-81)57-38-20-6-21-39-57)51-69-72(67)82(70)71-66(92(64)61-40-22-7-23-41-61)48-59(50-68(71)94(69)63-44-26-9-27-45-63)80-88-75(54-32-14-3-15-33-54)84-76(89-80)55-34-16-4-17-35-55/h1-51H. The number of aromatic nitrogens is 9. The number of benzene rings is 12. The molecule has 0 unspecified atom stereocenters. The Bertz CT molecular complexity index is 4590. The van der Waals surface area contributed by atoms with Gasteiger partial charge in [-0.2, -0.15) is 0 Å². The van der Waals surface area contributed by atoms with Gasteiger partial charge in [0.05, 0.1) is 0 Å². The molecule has 3 aliphatic heterocycles. The molecule has 13 heteroatoms. The van der Waals surface area contributed by atoms with Crippen molar-refractivity contribution < 1.29 is 0 Å². The first-order chi connectivity index (χ1) is 46.6. The minimum atomic E-state index is -0.341. The molecule has 0 aliphatic carbocycles. The van der Waals surface area contributed by atoms with Crippen molar-refractivity contribution in [2.75, 3.05) is 14.7 Å². The normalized spacial score (nSPS) is 12.4. The fourth-order valence-electron chi connectivity index (χ4n) is 13.5. The molecule has 0 amide bonds. The quantitative estimate of drug-likeness (QED) is 0.108. The number of hydrogen-bond acceptors (Lipinski definition) is 12. The van der Waals surface area contributed by atoms with Crippen molar-refractivity contribution in [3.63, 3.8) is 0 Å². The zero-order valence-electron chi connectivity index (χ0n) is 50.4. The van der Waals surface area contributed by atoms with Gasteiger partial charge in [-0.3, -0.25) is 0 Å². The Labute approximate surface area is 542 Å². The Morgan fingerprint density at radius 2 is 0.319 bits per heavy atom. The van der Waals surface area contributed by atoms with Gasteiger partial charge in [0, 0.05) is 101 Å². The van der Waals surface area contributed by atoms with Crippen LogP contribution in [0.25, 0.3) is 102 Å². The van der Waals surface area contributed by atoms with E-state index in [9.17, 15) is 0 Å². The van der Waals surface area contributed by atoms with Gasteiger partial charge in [0.25, 0.3) is 6.71 Å². The van der Waals surface area contributed by atoms with Gasteiger partial charge in [0.1, 0.15) is 0 Å². The predicted molar refractivity (Wildman–Crippen MR) is 378 cm³/mol. The molecule has 0 atom stereocenters. The molecule has 0 fully saturated rings. The second-order valence-electron chi connectivity index (χ2n) is 23.3. The van der Waals surface area contributed by atoms with Crippen LogP contribution >= 0.6 is 0 Å². The van der Waals surface area contributed by atoms with Crippen LogP contribution in [0.1, 0.15) is 0 Å². The number of anilines is 9. The molecule has 3 aliphatic rings. The highest BCUT2D eigenvalue weighted by Crippen LogP contribution is 2.53. The topological polar surface area (TPSA) is 126 Å². The lowest BCUT2D eigenvalue weighted by Crippen LogP contribution is -2.65. The van der Waals surface area contributed by atoms with E-state index in [-0.39, 0.29) is 6.71 Å². The van der Waals surface area contributed by atoms with Crippen molar-refractivity contribution in [2.24, 2.45) is 0 Å². The predicted octanol–water partition coefficient (Wildman–Crippen LogP) is 17.1. The number of nitrogens with zero attached hydrogens (tertiary/aromatic N) is 12. The molecule has 94 heavy (non-hydrogen) atoms. The first-order valence-electron chi connectivity index (χ1n) is 31.3. The van der Waals surface area contributed by atoms with Gasteiger partial charge in [-0.05, 0) is 89.2 Å². The molecular formula is C81H51BN12. The molecule has 0 saturated heterocycles. The van der Waals surface area contributed by atoms with Crippen LogP contribution < -0.4 is 31.1 Å². The van der Waals surface area contributed by atoms with Crippen molar-refractivity contribution in [1.29, 1.82) is 0 Å². The van der Waals surface area contributed by atoms with Gasteiger partial charge in [0.15, 0.2) is 52.4 Å². The smallest absolute Gasteiger partial charge is 0.257 e. The Hall–Kier alpha value is -12.9. The Morgan fingerprint density at radius 3 is 0.489 bits per heavy atom. The minimum absolute atomic E-state index is 0.341. The zero-order valence-corrected chi connectivity index (χ0v) is 50.4. The van der Waals surface area contributed by atoms with Crippen LogP contribution in [0.5, 0.6) is 0 Å². The minimum Gasteiger partial charge on any atom is -0.311 e. The lowest BCUT2D eigenvalue weighted by Gasteiger charge is -2.49. The van der Waals surface area contributed by atoms with Gasteiger partial charge in [-0.1, -0.05) is 237 Å². The van der Waals surface area contributed by atoms with Crippen LogP contribution in [0.4, 0.5) is 51.2 Å². The maximum Gasteiger partial charge on any atom is 0.257 e. The van der Waals surface area contributed by atoms with E-state index in [2.05, 4.69) is 215 Å². The summed E-state index contributed by atoms with van der Waals surface area (Å²) in [6.45, 7) is -0.341. The molecule has 6 heterocycles. The van der Waals surface area contributed by atoms with E-state index in [0.29, 0.717) is 52.4 Å². The Morgan fingerprint density at radius 1 is 0.170 bits per heavy atom. The summed E-state index contributed by atoms with van der Waals surface area (Å²) in [5.74, 6) is 4.93. The zero-order chi connectivity index (χ0) is 62.1. The molecule has 12 aromatic carbocycles. The summed E-state index contributed by atoms with van der Waals surface area (Å²) in [6, 6.07) is 107. The van der Waals surface area contributed by atoms with Crippen LogP contribution in [0.2, 0.25) is 0 Å². The second-order valence-corrected chi connectivity index (χ2v) is 23.3. The van der Waals surface area contributed by atoms with E-state index in [1.165, 1.54) is 0 Å². The van der Waals surface area contributed by atoms with Gasteiger partial charge in [-0.15, -0.1) is 0 Å². The highest BCUT2D eigenvalue weighted by molar-refractivity contribution is 7.02. The molecule has 15 aromatic rings. The summed E-state index contributed by atoms with van der Waals surface area (Å²) < 4.78 is 0. The van der Waals surface area contributed by atoms with E-state index in [4.69, 9.17) is 44.9 Å². The molecule has 0 saturated carbocycles. The number of rotatable bonds is 12.